The number of ether oxygens (including phenoxy) is 1. The molecule has 1 aromatic rings. The summed E-state index contributed by atoms with van der Waals surface area (Å²) in [6.07, 6.45) is 3.66. The molecule has 17 heavy (non-hydrogen) atoms. The standard InChI is InChI=1S/C14H20FNO/c1-10(16)14(17-9-8-11-2-3-11)12-4-6-13(15)7-5-12/h4-7,10-11,14H,2-3,8-9,16H2,1H3. The van der Waals surface area contributed by atoms with Crippen molar-refractivity contribution < 1.29 is 9.13 Å². The van der Waals surface area contributed by atoms with Crippen LogP contribution in [-0.4, -0.2) is 12.6 Å². The second-order valence-electron chi connectivity index (χ2n) is 4.93. The van der Waals surface area contributed by atoms with Gasteiger partial charge in [0.2, 0.25) is 0 Å². The molecule has 0 saturated heterocycles. The number of hydrogen-bond donors (Lipinski definition) is 1. The van der Waals surface area contributed by atoms with Crippen LogP contribution in [0.5, 0.6) is 0 Å². The van der Waals surface area contributed by atoms with Crippen molar-refractivity contribution in [2.75, 3.05) is 6.61 Å². The number of nitrogens with two attached hydrogens (primary N) is 1. The molecular weight excluding hydrogens is 217 g/mol. The van der Waals surface area contributed by atoms with Crippen molar-refractivity contribution in [1.29, 1.82) is 0 Å². The molecule has 1 aromatic carbocycles. The van der Waals surface area contributed by atoms with E-state index < -0.39 is 0 Å². The Balaban J connectivity index is 1.92. The smallest absolute Gasteiger partial charge is 0.123 e. The Morgan fingerprint density at radius 3 is 2.53 bits per heavy atom. The predicted octanol–water partition coefficient (Wildman–Crippen LogP) is 3.03. The van der Waals surface area contributed by atoms with Gasteiger partial charge in [0.25, 0.3) is 0 Å². The van der Waals surface area contributed by atoms with E-state index in [0.29, 0.717) is 0 Å². The van der Waals surface area contributed by atoms with E-state index in [0.717, 1.165) is 24.5 Å². The summed E-state index contributed by atoms with van der Waals surface area (Å²) in [5.74, 6) is 0.632. The molecule has 1 aliphatic rings. The van der Waals surface area contributed by atoms with E-state index in [4.69, 9.17) is 10.5 Å². The second kappa shape index (κ2) is 5.61. The Kier molecular flexibility index (Phi) is 4.13. The Labute approximate surface area is 102 Å². The van der Waals surface area contributed by atoms with Crippen molar-refractivity contribution in [2.24, 2.45) is 11.7 Å². The van der Waals surface area contributed by atoms with E-state index in [-0.39, 0.29) is 18.0 Å². The molecule has 0 aliphatic heterocycles. The summed E-state index contributed by atoms with van der Waals surface area (Å²) in [6.45, 7) is 2.67. The third kappa shape index (κ3) is 3.79. The van der Waals surface area contributed by atoms with E-state index >= 15 is 0 Å². The lowest BCUT2D eigenvalue weighted by Gasteiger charge is -2.22. The molecule has 1 aliphatic carbocycles. The highest BCUT2D eigenvalue weighted by Gasteiger charge is 2.22. The van der Waals surface area contributed by atoms with E-state index in [1.165, 1.54) is 25.0 Å². The molecule has 2 nitrogen and oxygen atoms in total. The quantitative estimate of drug-likeness (QED) is 0.825. The van der Waals surface area contributed by atoms with Crippen LogP contribution in [0.4, 0.5) is 4.39 Å². The molecule has 0 bridgehead atoms. The molecular formula is C14H20FNO. The van der Waals surface area contributed by atoms with Gasteiger partial charge in [0.1, 0.15) is 5.82 Å². The lowest BCUT2D eigenvalue weighted by Crippen LogP contribution is -2.27. The normalized spacial score (nSPS) is 19.0. The van der Waals surface area contributed by atoms with E-state index in [2.05, 4.69) is 0 Å². The number of hydrogen-bond acceptors (Lipinski definition) is 2. The Morgan fingerprint density at radius 2 is 2.00 bits per heavy atom. The largest absolute Gasteiger partial charge is 0.372 e. The average molecular weight is 237 g/mol. The molecule has 1 saturated carbocycles. The van der Waals surface area contributed by atoms with Crippen LogP contribution in [-0.2, 0) is 4.74 Å². The Hall–Kier alpha value is -0.930. The first-order chi connectivity index (χ1) is 8.16. The zero-order valence-corrected chi connectivity index (χ0v) is 10.2. The molecule has 0 spiro atoms. The minimum absolute atomic E-state index is 0.0836. The van der Waals surface area contributed by atoms with Gasteiger partial charge in [-0.1, -0.05) is 25.0 Å². The fourth-order valence-electron chi connectivity index (χ4n) is 1.97. The van der Waals surface area contributed by atoms with Crippen molar-refractivity contribution in [3.63, 3.8) is 0 Å². The predicted molar refractivity (Wildman–Crippen MR) is 66.1 cm³/mol. The lowest BCUT2D eigenvalue weighted by molar-refractivity contribution is 0.0346. The molecule has 0 amide bonds. The Bertz CT molecular complexity index is 346. The molecule has 2 unspecified atom stereocenters. The van der Waals surface area contributed by atoms with Crippen LogP contribution >= 0.6 is 0 Å². The first-order valence-corrected chi connectivity index (χ1v) is 6.29. The Morgan fingerprint density at radius 1 is 1.35 bits per heavy atom. The third-order valence-corrected chi connectivity index (χ3v) is 3.20. The summed E-state index contributed by atoms with van der Waals surface area (Å²) in [6, 6.07) is 6.32. The lowest BCUT2D eigenvalue weighted by atomic mass is 10.0. The van der Waals surface area contributed by atoms with Gasteiger partial charge in [0, 0.05) is 12.6 Å². The maximum absolute atomic E-state index is 12.8. The molecule has 94 valence electrons. The molecule has 1 fully saturated rings. The molecule has 2 atom stereocenters. The molecule has 2 N–H and O–H groups in total. The van der Waals surface area contributed by atoms with Gasteiger partial charge in [0.15, 0.2) is 0 Å². The van der Waals surface area contributed by atoms with Crippen LogP contribution in [0.1, 0.15) is 37.9 Å². The molecule has 3 heteroatoms. The van der Waals surface area contributed by atoms with E-state index in [1.807, 2.05) is 6.92 Å². The highest BCUT2D eigenvalue weighted by atomic mass is 19.1. The fourth-order valence-corrected chi connectivity index (χ4v) is 1.97. The van der Waals surface area contributed by atoms with Crippen molar-refractivity contribution in [1.82, 2.24) is 0 Å². The van der Waals surface area contributed by atoms with Gasteiger partial charge in [-0.25, -0.2) is 4.39 Å². The number of benzene rings is 1. The highest BCUT2D eigenvalue weighted by molar-refractivity contribution is 5.19. The van der Waals surface area contributed by atoms with E-state index in [1.54, 1.807) is 12.1 Å². The fraction of sp³-hybridized carbons (Fsp3) is 0.571. The third-order valence-electron chi connectivity index (χ3n) is 3.20. The van der Waals surface area contributed by atoms with Crippen LogP contribution in [0.3, 0.4) is 0 Å². The van der Waals surface area contributed by atoms with Crippen LogP contribution in [0.2, 0.25) is 0 Å². The molecule has 2 rings (SSSR count). The van der Waals surface area contributed by atoms with Crippen LogP contribution in [0, 0.1) is 11.7 Å². The van der Waals surface area contributed by atoms with Crippen LogP contribution in [0.25, 0.3) is 0 Å². The zero-order valence-electron chi connectivity index (χ0n) is 10.2. The summed E-state index contributed by atoms with van der Waals surface area (Å²) < 4.78 is 18.7. The van der Waals surface area contributed by atoms with Crippen molar-refractivity contribution in [3.8, 4) is 0 Å². The summed E-state index contributed by atoms with van der Waals surface area (Å²) in [7, 11) is 0. The summed E-state index contributed by atoms with van der Waals surface area (Å²) in [5, 5.41) is 0. The first kappa shape index (κ1) is 12.5. The van der Waals surface area contributed by atoms with Crippen molar-refractivity contribution >= 4 is 0 Å². The van der Waals surface area contributed by atoms with Gasteiger partial charge >= 0.3 is 0 Å². The number of rotatable bonds is 6. The monoisotopic (exact) mass is 237 g/mol. The van der Waals surface area contributed by atoms with Gasteiger partial charge in [0.05, 0.1) is 6.10 Å². The van der Waals surface area contributed by atoms with Gasteiger partial charge in [-0.15, -0.1) is 0 Å². The van der Waals surface area contributed by atoms with Crippen molar-refractivity contribution in [3.05, 3.63) is 35.6 Å². The van der Waals surface area contributed by atoms with Gasteiger partial charge in [-0.2, -0.15) is 0 Å². The van der Waals surface area contributed by atoms with Crippen molar-refractivity contribution in [2.45, 2.75) is 38.3 Å². The minimum Gasteiger partial charge on any atom is -0.372 e. The maximum Gasteiger partial charge on any atom is 0.123 e. The van der Waals surface area contributed by atoms with Gasteiger partial charge < -0.3 is 10.5 Å². The van der Waals surface area contributed by atoms with Gasteiger partial charge in [-0.3, -0.25) is 0 Å². The zero-order chi connectivity index (χ0) is 12.3. The molecule has 0 aromatic heterocycles. The summed E-state index contributed by atoms with van der Waals surface area (Å²) in [5.41, 5.74) is 6.88. The van der Waals surface area contributed by atoms with Gasteiger partial charge in [-0.05, 0) is 37.0 Å². The first-order valence-electron chi connectivity index (χ1n) is 6.29. The minimum atomic E-state index is -0.227. The highest BCUT2D eigenvalue weighted by Crippen LogP contribution is 2.33. The van der Waals surface area contributed by atoms with E-state index in [9.17, 15) is 4.39 Å². The maximum atomic E-state index is 12.8. The average Bonchev–Trinajstić information content (AvgIpc) is 3.09. The molecule has 0 radical (unpaired) electrons. The number of halogens is 1. The SMILES string of the molecule is CC(N)C(OCCC1CC1)c1ccc(F)cc1. The second-order valence-corrected chi connectivity index (χ2v) is 4.93. The topological polar surface area (TPSA) is 35.2 Å². The summed E-state index contributed by atoms with van der Waals surface area (Å²) in [4.78, 5) is 0. The van der Waals surface area contributed by atoms with Crippen LogP contribution in [0.15, 0.2) is 24.3 Å². The van der Waals surface area contributed by atoms with Crippen LogP contribution < -0.4 is 5.73 Å². The molecule has 0 heterocycles. The summed E-state index contributed by atoms with van der Waals surface area (Å²) >= 11 is 0.